The molecule has 0 aliphatic rings. The predicted molar refractivity (Wildman–Crippen MR) is 111 cm³/mol. The fourth-order valence-electron chi connectivity index (χ4n) is 2.76. The van der Waals surface area contributed by atoms with Gasteiger partial charge in [0.15, 0.2) is 0 Å². The highest BCUT2D eigenvalue weighted by atomic mass is 32.2. The summed E-state index contributed by atoms with van der Waals surface area (Å²) in [5, 5.41) is 10.6. The molecule has 0 saturated carbocycles. The number of amides is 1. The number of hydrogen-bond acceptors (Lipinski definition) is 5. The van der Waals surface area contributed by atoms with E-state index in [2.05, 4.69) is 15.5 Å². The van der Waals surface area contributed by atoms with Crippen LogP contribution in [-0.2, 0) is 0 Å². The molecule has 0 fully saturated rings. The number of carbonyl (C=O) groups is 1. The third-order valence-electron chi connectivity index (χ3n) is 4.22. The predicted octanol–water partition coefficient (Wildman–Crippen LogP) is 5.38. The first-order valence-corrected chi connectivity index (χ1v) is 9.90. The number of rotatable bonds is 5. The summed E-state index contributed by atoms with van der Waals surface area (Å²) in [7, 11) is 0. The minimum absolute atomic E-state index is 0.0710. The van der Waals surface area contributed by atoms with Crippen molar-refractivity contribution in [1.82, 2.24) is 10.2 Å². The summed E-state index contributed by atoms with van der Waals surface area (Å²) in [6.45, 7) is 0. The van der Waals surface area contributed by atoms with Crippen LogP contribution in [0.4, 0.5) is 6.01 Å². The van der Waals surface area contributed by atoms with Crippen LogP contribution in [0.2, 0.25) is 0 Å². The highest BCUT2D eigenvalue weighted by molar-refractivity contribution is 7.98. The van der Waals surface area contributed by atoms with Gasteiger partial charge in [0.25, 0.3) is 5.91 Å². The number of nitrogens with zero attached hydrogens (tertiary/aromatic N) is 2. The van der Waals surface area contributed by atoms with Crippen LogP contribution >= 0.6 is 11.8 Å². The van der Waals surface area contributed by atoms with Gasteiger partial charge in [-0.2, -0.15) is 0 Å². The van der Waals surface area contributed by atoms with E-state index in [0.717, 1.165) is 21.6 Å². The Morgan fingerprint density at radius 3 is 2.32 bits per heavy atom. The van der Waals surface area contributed by atoms with Gasteiger partial charge in [-0.25, -0.2) is 0 Å². The van der Waals surface area contributed by atoms with Crippen molar-refractivity contribution in [2.45, 2.75) is 4.90 Å². The summed E-state index contributed by atoms with van der Waals surface area (Å²) in [5.41, 5.74) is 3.48. The summed E-state index contributed by atoms with van der Waals surface area (Å²) in [6.07, 6.45) is 2.00. The van der Waals surface area contributed by atoms with Gasteiger partial charge in [0, 0.05) is 16.0 Å². The third-order valence-corrected chi connectivity index (χ3v) is 4.94. The molecule has 138 valence electrons. The molecule has 3 aromatic carbocycles. The molecule has 6 heteroatoms. The maximum absolute atomic E-state index is 12.5. The molecule has 1 amide bonds. The zero-order valence-corrected chi connectivity index (χ0v) is 15.9. The van der Waals surface area contributed by atoms with Crippen molar-refractivity contribution in [3.05, 3.63) is 84.4 Å². The molecule has 0 saturated heterocycles. The van der Waals surface area contributed by atoms with Crippen LogP contribution in [0, 0.1) is 0 Å². The van der Waals surface area contributed by atoms with E-state index in [9.17, 15) is 4.79 Å². The lowest BCUT2D eigenvalue weighted by Crippen LogP contribution is -2.11. The Morgan fingerprint density at radius 1 is 0.857 bits per heavy atom. The summed E-state index contributed by atoms with van der Waals surface area (Å²) in [5.74, 6) is 0.0679. The molecule has 1 aromatic heterocycles. The van der Waals surface area contributed by atoms with E-state index in [1.165, 1.54) is 0 Å². The molecule has 0 bridgehead atoms. The number of thioether (sulfide) groups is 1. The zero-order valence-electron chi connectivity index (χ0n) is 15.1. The fourth-order valence-corrected chi connectivity index (χ4v) is 3.22. The number of carbonyl (C=O) groups excluding carboxylic acids is 1. The number of benzene rings is 3. The van der Waals surface area contributed by atoms with Crippen molar-refractivity contribution in [2.24, 2.45) is 0 Å². The summed E-state index contributed by atoms with van der Waals surface area (Å²) < 4.78 is 5.59. The SMILES string of the molecule is CSc1cccc(-c2nnc(NC(=O)c3ccc(-c4ccccc4)cc3)o2)c1. The molecular formula is C22H17N3O2S. The van der Waals surface area contributed by atoms with E-state index >= 15 is 0 Å². The van der Waals surface area contributed by atoms with E-state index in [1.807, 2.05) is 73.0 Å². The largest absolute Gasteiger partial charge is 0.403 e. The Kier molecular flexibility index (Phi) is 5.21. The van der Waals surface area contributed by atoms with Crippen LogP contribution in [-0.4, -0.2) is 22.4 Å². The van der Waals surface area contributed by atoms with Gasteiger partial charge < -0.3 is 4.42 Å². The molecule has 4 aromatic rings. The lowest BCUT2D eigenvalue weighted by molar-refractivity contribution is 0.102. The lowest BCUT2D eigenvalue weighted by Gasteiger charge is -2.04. The van der Waals surface area contributed by atoms with Crippen molar-refractivity contribution in [1.29, 1.82) is 0 Å². The monoisotopic (exact) mass is 387 g/mol. The normalized spacial score (nSPS) is 10.6. The molecule has 0 spiro atoms. The fraction of sp³-hybridized carbons (Fsp3) is 0.0455. The van der Waals surface area contributed by atoms with Gasteiger partial charge in [-0.05, 0) is 47.7 Å². The van der Waals surface area contributed by atoms with Gasteiger partial charge in [-0.3, -0.25) is 10.1 Å². The summed E-state index contributed by atoms with van der Waals surface area (Å²) >= 11 is 1.63. The van der Waals surface area contributed by atoms with Crippen LogP contribution in [0.15, 0.2) is 88.2 Å². The minimum atomic E-state index is -0.298. The van der Waals surface area contributed by atoms with E-state index in [1.54, 1.807) is 23.9 Å². The van der Waals surface area contributed by atoms with Gasteiger partial charge in [0.05, 0.1) is 0 Å². The Morgan fingerprint density at radius 2 is 1.57 bits per heavy atom. The van der Waals surface area contributed by atoms with Crippen molar-refractivity contribution >= 4 is 23.7 Å². The molecule has 28 heavy (non-hydrogen) atoms. The average Bonchev–Trinajstić information content (AvgIpc) is 3.23. The second-order valence-corrected chi connectivity index (χ2v) is 6.92. The van der Waals surface area contributed by atoms with Crippen LogP contribution in [0.5, 0.6) is 0 Å². The molecule has 0 aliphatic heterocycles. The van der Waals surface area contributed by atoms with Gasteiger partial charge in [-0.15, -0.1) is 16.9 Å². The van der Waals surface area contributed by atoms with Crippen LogP contribution in [0.1, 0.15) is 10.4 Å². The first kappa shape index (κ1) is 18.0. The molecule has 0 aliphatic carbocycles. The van der Waals surface area contributed by atoms with Gasteiger partial charge in [-0.1, -0.05) is 53.6 Å². The maximum Gasteiger partial charge on any atom is 0.322 e. The van der Waals surface area contributed by atoms with E-state index < -0.39 is 0 Å². The molecule has 1 heterocycles. The van der Waals surface area contributed by atoms with E-state index in [-0.39, 0.29) is 11.9 Å². The molecule has 1 N–H and O–H groups in total. The van der Waals surface area contributed by atoms with Gasteiger partial charge in [0.1, 0.15) is 0 Å². The highest BCUT2D eigenvalue weighted by Gasteiger charge is 2.13. The number of anilines is 1. The number of hydrogen-bond donors (Lipinski definition) is 1. The first-order valence-electron chi connectivity index (χ1n) is 8.68. The average molecular weight is 387 g/mol. The van der Waals surface area contributed by atoms with Crippen LogP contribution < -0.4 is 5.32 Å². The molecule has 0 radical (unpaired) electrons. The Balaban J connectivity index is 1.47. The molecule has 4 rings (SSSR count). The Bertz CT molecular complexity index is 1090. The van der Waals surface area contributed by atoms with Gasteiger partial charge >= 0.3 is 6.01 Å². The quantitative estimate of drug-likeness (QED) is 0.466. The van der Waals surface area contributed by atoms with Crippen molar-refractivity contribution in [3.63, 3.8) is 0 Å². The second-order valence-electron chi connectivity index (χ2n) is 6.04. The van der Waals surface area contributed by atoms with E-state index in [0.29, 0.717) is 11.5 Å². The van der Waals surface area contributed by atoms with Crippen molar-refractivity contribution in [2.75, 3.05) is 11.6 Å². The first-order chi connectivity index (χ1) is 13.7. The molecule has 0 unspecified atom stereocenters. The van der Waals surface area contributed by atoms with Crippen molar-refractivity contribution < 1.29 is 9.21 Å². The molecule has 5 nitrogen and oxygen atoms in total. The Hall–Kier alpha value is -3.38. The summed E-state index contributed by atoms with van der Waals surface area (Å²) in [4.78, 5) is 13.6. The minimum Gasteiger partial charge on any atom is -0.403 e. The standard InChI is InChI=1S/C22H17N3O2S/c1-28-19-9-5-8-18(14-19)21-24-25-22(27-21)23-20(26)17-12-10-16(11-13-17)15-6-3-2-4-7-15/h2-14H,1H3,(H,23,25,26). The second kappa shape index (κ2) is 8.10. The zero-order chi connectivity index (χ0) is 19.3. The topological polar surface area (TPSA) is 68.0 Å². The van der Waals surface area contributed by atoms with Crippen molar-refractivity contribution in [3.8, 4) is 22.6 Å². The highest BCUT2D eigenvalue weighted by Crippen LogP contribution is 2.25. The maximum atomic E-state index is 12.5. The lowest BCUT2D eigenvalue weighted by atomic mass is 10.0. The number of aromatic nitrogens is 2. The Labute approximate surface area is 166 Å². The van der Waals surface area contributed by atoms with Gasteiger partial charge in [0.2, 0.25) is 5.89 Å². The van der Waals surface area contributed by atoms with Crippen LogP contribution in [0.25, 0.3) is 22.6 Å². The van der Waals surface area contributed by atoms with Crippen LogP contribution in [0.3, 0.4) is 0 Å². The smallest absolute Gasteiger partial charge is 0.322 e. The van der Waals surface area contributed by atoms with E-state index in [4.69, 9.17) is 4.42 Å². The molecular weight excluding hydrogens is 370 g/mol. The number of nitrogens with one attached hydrogen (secondary N) is 1. The molecule has 0 atom stereocenters. The summed E-state index contributed by atoms with van der Waals surface area (Å²) in [6, 6.07) is 25.2. The third kappa shape index (κ3) is 3.97.